The lowest BCUT2D eigenvalue weighted by Crippen LogP contribution is -2.41. The van der Waals surface area contributed by atoms with Crippen molar-refractivity contribution in [2.24, 2.45) is 0 Å². The summed E-state index contributed by atoms with van der Waals surface area (Å²) in [6, 6.07) is 2.63. The second kappa shape index (κ2) is 6.46. The summed E-state index contributed by atoms with van der Waals surface area (Å²) >= 11 is 0. The Balaban J connectivity index is 2.03. The molecule has 2 rings (SSSR count). The van der Waals surface area contributed by atoms with Gasteiger partial charge in [-0.3, -0.25) is 0 Å². The van der Waals surface area contributed by atoms with Gasteiger partial charge in [-0.1, -0.05) is 0 Å². The Labute approximate surface area is 123 Å². The molecule has 1 aliphatic rings. The quantitative estimate of drug-likeness (QED) is 0.613. The standard InChI is InChI=1S/C12H18N4O4S/c1-13-9-2-4-10(5-3-9)15-21(19,20)11-6-7-12(14-8-11)16(17)18/h6-10,13,15H,2-5H2,1H3. The van der Waals surface area contributed by atoms with Crippen LogP contribution in [-0.2, 0) is 10.0 Å². The molecule has 1 aromatic heterocycles. The smallest absolute Gasteiger partial charge is 0.358 e. The van der Waals surface area contributed by atoms with Gasteiger partial charge in [0.05, 0.1) is 0 Å². The molecule has 1 aliphatic carbocycles. The first kappa shape index (κ1) is 15.8. The van der Waals surface area contributed by atoms with Crippen molar-refractivity contribution in [3.63, 3.8) is 0 Å². The monoisotopic (exact) mass is 314 g/mol. The molecule has 0 bridgehead atoms. The largest absolute Gasteiger partial charge is 0.363 e. The highest BCUT2D eigenvalue weighted by Crippen LogP contribution is 2.20. The Kier molecular flexibility index (Phi) is 4.86. The Bertz CT molecular complexity index is 594. The van der Waals surface area contributed by atoms with Crippen molar-refractivity contribution >= 4 is 15.8 Å². The third-order valence-corrected chi connectivity index (χ3v) is 5.18. The number of nitrogens with one attached hydrogen (secondary N) is 2. The predicted molar refractivity (Wildman–Crippen MR) is 76.3 cm³/mol. The second-order valence-electron chi connectivity index (χ2n) is 5.07. The van der Waals surface area contributed by atoms with Crippen molar-refractivity contribution in [1.82, 2.24) is 15.0 Å². The molecule has 9 heteroatoms. The van der Waals surface area contributed by atoms with Crippen molar-refractivity contribution in [3.8, 4) is 0 Å². The van der Waals surface area contributed by atoms with E-state index in [1.54, 1.807) is 0 Å². The third-order valence-electron chi connectivity index (χ3n) is 3.68. The zero-order valence-corrected chi connectivity index (χ0v) is 12.5. The minimum absolute atomic E-state index is 0.0520. The Morgan fingerprint density at radius 3 is 2.33 bits per heavy atom. The van der Waals surface area contributed by atoms with E-state index < -0.39 is 14.9 Å². The molecule has 0 unspecified atom stereocenters. The van der Waals surface area contributed by atoms with Crippen molar-refractivity contribution in [2.75, 3.05) is 7.05 Å². The van der Waals surface area contributed by atoms with Gasteiger partial charge in [-0.2, -0.15) is 0 Å². The summed E-state index contributed by atoms with van der Waals surface area (Å²) in [6.45, 7) is 0. The highest BCUT2D eigenvalue weighted by Gasteiger charge is 2.26. The van der Waals surface area contributed by atoms with Crippen LogP contribution in [0.5, 0.6) is 0 Å². The molecule has 8 nitrogen and oxygen atoms in total. The molecule has 0 amide bonds. The number of sulfonamides is 1. The lowest BCUT2D eigenvalue weighted by Gasteiger charge is -2.28. The molecule has 0 aromatic carbocycles. The molecular formula is C12H18N4O4S. The van der Waals surface area contributed by atoms with Crippen LogP contribution in [0.3, 0.4) is 0 Å². The SMILES string of the molecule is CNC1CCC(NS(=O)(=O)c2ccc([N+](=O)[O-])nc2)CC1. The van der Waals surface area contributed by atoms with Gasteiger partial charge in [0.2, 0.25) is 10.0 Å². The molecule has 1 heterocycles. The Morgan fingerprint density at radius 2 is 1.86 bits per heavy atom. The first-order valence-electron chi connectivity index (χ1n) is 6.72. The van der Waals surface area contributed by atoms with E-state index in [1.807, 2.05) is 7.05 Å². The van der Waals surface area contributed by atoms with E-state index in [9.17, 15) is 18.5 Å². The van der Waals surface area contributed by atoms with Gasteiger partial charge in [0.15, 0.2) is 6.20 Å². The zero-order valence-electron chi connectivity index (χ0n) is 11.7. The number of hydrogen-bond donors (Lipinski definition) is 2. The van der Waals surface area contributed by atoms with Crippen molar-refractivity contribution in [2.45, 2.75) is 42.7 Å². The fourth-order valence-electron chi connectivity index (χ4n) is 2.43. The van der Waals surface area contributed by atoms with Gasteiger partial charge in [-0.25, -0.2) is 13.1 Å². The number of hydrogen-bond acceptors (Lipinski definition) is 6. The van der Waals surface area contributed by atoms with Gasteiger partial charge in [0, 0.05) is 18.2 Å². The minimum atomic E-state index is -3.68. The Morgan fingerprint density at radius 1 is 1.24 bits per heavy atom. The third kappa shape index (κ3) is 3.96. The van der Waals surface area contributed by atoms with Gasteiger partial charge in [0.1, 0.15) is 4.90 Å². The van der Waals surface area contributed by atoms with Gasteiger partial charge in [0.25, 0.3) is 0 Å². The van der Waals surface area contributed by atoms with Crippen molar-refractivity contribution < 1.29 is 13.3 Å². The number of rotatable bonds is 5. The first-order chi connectivity index (χ1) is 9.92. The summed E-state index contributed by atoms with van der Waals surface area (Å²) in [6.07, 6.45) is 4.39. The Hall–Kier alpha value is -1.58. The predicted octanol–water partition coefficient (Wildman–Crippen LogP) is 0.799. The van der Waals surface area contributed by atoms with E-state index >= 15 is 0 Å². The number of nitro groups is 1. The van der Waals surface area contributed by atoms with Crippen LogP contribution in [0.15, 0.2) is 23.2 Å². The maximum atomic E-state index is 12.2. The molecule has 0 atom stereocenters. The molecule has 0 saturated heterocycles. The summed E-state index contributed by atoms with van der Waals surface area (Å²) in [5.74, 6) is -0.372. The van der Waals surface area contributed by atoms with E-state index in [4.69, 9.17) is 0 Å². The molecule has 116 valence electrons. The fraction of sp³-hybridized carbons (Fsp3) is 0.583. The van der Waals surface area contributed by atoms with Crippen LogP contribution in [0.4, 0.5) is 5.82 Å². The van der Waals surface area contributed by atoms with Gasteiger partial charge < -0.3 is 15.4 Å². The fourth-order valence-corrected chi connectivity index (χ4v) is 3.68. The van der Waals surface area contributed by atoms with Crippen LogP contribution in [0.2, 0.25) is 0 Å². The summed E-state index contributed by atoms with van der Waals surface area (Å²) in [7, 11) is -1.78. The maximum Gasteiger partial charge on any atom is 0.363 e. The van der Waals surface area contributed by atoms with Crippen LogP contribution < -0.4 is 10.0 Å². The summed E-state index contributed by atoms with van der Waals surface area (Å²) in [5, 5.41) is 13.7. The van der Waals surface area contributed by atoms with Crippen LogP contribution >= 0.6 is 0 Å². The number of nitrogens with zero attached hydrogens (tertiary/aromatic N) is 2. The molecular weight excluding hydrogens is 296 g/mol. The zero-order chi connectivity index (χ0) is 15.5. The lowest BCUT2D eigenvalue weighted by molar-refractivity contribution is -0.389. The van der Waals surface area contributed by atoms with Crippen LogP contribution in [0, 0.1) is 10.1 Å². The minimum Gasteiger partial charge on any atom is -0.358 e. The lowest BCUT2D eigenvalue weighted by atomic mass is 9.92. The molecule has 0 radical (unpaired) electrons. The topological polar surface area (TPSA) is 114 Å². The number of pyridine rings is 1. The summed E-state index contributed by atoms with van der Waals surface area (Å²) in [5.41, 5.74) is 0. The molecule has 1 fully saturated rings. The molecule has 21 heavy (non-hydrogen) atoms. The molecule has 0 aliphatic heterocycles. The summed E-state index contributed by atoms with van der Waals surface area (Å²) < 4.78 is 27.0. The average molecular weight is 314 g/mol. The van der Waals surface area contributed by atoms with Gasteiger partial charge >= 0.3 is 5.82 Å². The van der Waals surface area contributed by atoms with Gasteiger partial charge in [-0.05, 0) is 48.7 Å². The molecule has 2 N–H and O–H groups in total. The molecule has 0 spiro atoms. The van der Waals surface area contributed by atoms with E-state index in [0.717, 1.165) is 37.9 Å². The van der Waals surface area contributed by atoms with Crippen LogP contribution in [0.1, 0.15) is 25.7 Å². The molecule has 1 aromatic rings. The van der Waals surface area contributed by atoms with Crippen molar-refractivity contribution in [3.05, 3.63) is 28.4 Å². The number of aromatic nitrogens is 1. The maximum absolute atomic E-state index is 12.2. The average Bonchev–Trinajstić information content (AvgIpc) is 2.48. The van der Waals surface area contributed by atoms with Crippen LogP contribution in [-0.4, -0.2) is 37.5 Å². The van der Waals surface area contributed by atoms with Crippen LogP contribution in [0.25, 0.3) is 0 Å². The van der Waals surface area contributed by atoms with E-state index in [2.05, 4.69) is 15.0 Å². The van der Waals surface area contributed by atoms with E-state index in [0.29, 0.717) is 6.04 Å². The second-order valence-corrected chi connectivity index (χ2v) is 6.78. The summed E-state index contributed by atoms with van der Waals surface area (Å²) in [4.78, 5) is 13.3. The van der Waals surface area contributed by atoms with Gasteiger partial charge in [-0.15, -0.1) is 0 Å². The van der Waals surface area contributed by atoms with Crippen molar-refractivity contribution in [1.29, 1.82) is 0 Å². The molecule has 1 saturated carbocycles. The van der Waals surface area contributed by atoms with E-state index in [-0.39, 0.29) is 16.8 Å². The normalized spacial score (nSPS) is 22.9. The highest BCUT2D eigenvalue weighted by atomic mass is 32.2. The van der Waals surface area contributed by atoms with E-state index in [1.165, 1.54) is 6.07 Å². The first-order valence-corrected chi connectivity index (χ1v) is 8.21. The highest BCUT2D eigenvalue weighted by molar-refractivity contribution is 7.89.